The zero-order valence-corrected chi connectivity index (χ0v) is 13.2. The number of allylic oxidation sites excluding steroid dienone is 1. The average molecular weight is 302 g/mol. The smallest absolute Gasteiger partial charge is 0.334 e. The van der Waals surface area contributed by atoms with Gasteiger partial charge in [-0.25, -0.2) is 4.79 Å². The van der Waals surface area contributed by atoms with E-state index < -0.39 is 0 Å². The molecule has 0 unspecified atom stereocenters. The first-order valence-corrected chi connectivity index (χ1v) is 7.71. The van der Waals surface area contributed by atoms with Gasteiger partial charge in [-0.05, 0) is 49.5 Å². The summed E-state index contributed by atoms with van der Waals surface area (Å²) in [4.78, 5) is 24.3. The van der Waals surface area contributed by atoms with E-state index in [0.717, 1.165) is 29.7 Å². The third kappa shape index (κ3) is 3.97. The molecule has 0 fully saturated rings. The van der Waals surface area contributed by atoms with Crippen molar-refractivity contribution >= 4 is 17.3 Å². The molecule has 0 heterocycles. The van der Waals surface area contributed by atoms with Crippen LogP contribution in [0.1, 0.15) is 44.6 Å². The number of rotatable bonds is 4. The number of Topliss-reactive ketones (excluding diaryl/α,β-unsaturated/α-hetero) is 1. The van der Waals surface area contributed by atoms with E-state index in [4.69, 9.17) is 9.47 Å². The standard InChI is InChI=1S/C18H22O4/c1-3-22-18(20)16-7-5-4-6-14(19)12-17(16)13-8-10-15(21-2)11-9-13/h8-11H,3-7,12H2,1-2H3/b17-16-. The van der Waals surface area contributed by atoms with Crippen molar-refractivity contribution in [3.8, 4) is 5.75 Å². The minimum Gasteiger partial charge on any atom is -0.497 e. The summed E-state index contributed by atoms with van der Waals surface area (Å²) in [6.45, 7) is 2.13. The molecule has 1 aromatic carbocycles. The number of ether oxygens (including phenoxy) is 2. The monoisotopic (exact) mass is 302 g/mol. The van der Waals surface area contributed by atoms with Crippen LogP contribution in [0.2, 0.25) is 0 Å². The van der Waals surface area contributed by atoms with Crippen LogP contribution in [0.5, 0.6) is 5.75 Å². The Morgan fingerprint density at radius 3 is 2.45 bits per heavy atom. The first kappa shape index (κ1) is 16.3. The first-order valence-electron chi connectivity index (χ1n) is 7.71. The molecule has 0 amide bonds. The van der Waals surface area contributed by atoms with E-state index in [1.165, 1.54) is 0 Å². The van der Waals surface area contributed by atoms with Gasteiger partial charge in [0.2, 0.25) is 0 Å². The number of carbonyl (C=O) groups is 2. The van der Waals surface area contributed by atoms with Crippen molar-refractivity contribution in [1.29, 1.82) is 0 Å². The van der Waals surface area contributed by atoms with Gasteiger partial charge >= 0.3 is 5.97 Å². The summed E-state index contributed by atoms with van der Waals surface area (Å²) in [5, 5.41) is 0. The van der Waals surface area contributed by atoms with E-state index in [0.29, 0.717) is 31.4 Å². The second-order valence-electron chi connectivity index (χ2n) is 5.33. The molecule has 1 aliphatic carbocycles. The normalized spacial score (nSPS) is 19.3. The van der Waals surface area contributed by atoms with Crippen molar-refractivity contribution in [2.24, 2.45) is 0 Å². The molecule has 1 aliphatic rings. The summed E-state index contributed by atoms with van der Waals surface area (Å²) in [6.07, 6.45) is 3.20. The maximum atomic E-state index is 12.3. The van der Waals surface area contributed by atoms with Gasteiger partial charge < -0.3 is 9.47 Å². The quantitative estimate of drug-likeness (QED) is 0.798. The summed E-state index contributed by atoms with van der Waals surface area (Å²) in [5.41, 5.74) is 2.32. The van der Waals surface area contributed by atoms with Crippen molar-refractivity contribution in [2.75, 3.05) is 13.7 Å². The number of carbonyl (C=O) groups excluding carboxylic acids is 2. The Labute approximate surface area is 131 Å². The van der Waals surface area contributed by atoms with Gasteiger partial charge in [-0.15, -0.1) is 0 Å². The maximum Gasteiger partial charge on any atom is 0.334 e. The SMILES string of the molecule is CCOC(=O)/C1=C(\c2ccc(OC)cc2)CC(=O)CCCC1. The molecule has 0 bridgehead atoms. The van der Waals surface area contributed by atoms with Crippen molar-refractivity contribution in [2.45, 2.75) is 39.0 Å². The Morgan fingerprint density at radius 2 is 1.82 bits per heavy atom. The van der Waals surface area contributed by atoms with Crippen LogP contribution in [-0.2, 0) is 14.3 Å². The number of esters is 1. The lowest BCUT2D eigenvalue weighted by Crippen LogP contribution is -2.14. The summed E-state index contributed by atoms with van der Waals surface area (Å²) in [6, 6.07) is 7.47. The van der Waals surface area contributed by atoms with Crippen molar-refractivity contribution in [3.05, 3.63) is 35.4 Å². The van der Waals surface area contributed by atoms with Gasteiger partial charge in [0.05, 0.1) is 13.7 Å². The van der Waals surface area contributed by atoms with Crippen LogP contribution in [0, 0.1) is 0 Å². The van der Waals surface area contributed by atoms with E-state index >= 15 is 0 Å². The lowest BCUT2D eigenvalue weighted by molar-refractivity contribution is -0.138. The van der Waals surface area contributed by atoms with Crippen molar-refractivity contribution in [3.63, 3.8) is 0 Å². The first-order chi connectivity index (χ1) is 10.7. The lowest BCUT2D eigenvalue weighted by Gasteiger charge is -2.17. The summed E-state index contributed by atoms with van der Waals surface area (Å²) in [5.74, 6) is 0.620. The fourth-order valence-electron chi connectivity index (χ4n) is 2.68. The van der Waals surface area contributed by atoms with Crippen molar-refractivity contribution < 1.29 is 19.1 Å². The third-order valence-corrected chi connectivity index (χ3v) is 3.83. The fraction of sp³-hybridized carbons (Fsp3) is 0.444. The highest BCUT2D eigenvalue weighted by molar-refractivity contribution is 6.02. The number of methoxy groups -OCH3 is 1. The molecule has 0 saturated heterocycles. The minimum atomic E-state index is -0.303. The van der Waals surface area contributed by atoms with E-state index in [9.17, 15) is 9.59 Å². The maximum absolute atomic E-state index is 12.3. The molecule has 0 radical (unpaired) electrons. The molecule has 4 nitrogen and oxygen atoms in total. The lowest BCUT2D eigenvalue weighted by atomic mass is 9.88. The fourth-order valence-corrected chi connectivity index (χ4v) is 2.68. The number of hydrogen-bond donors (Lipinski definition) is 0. The molecule has 22 heavy (non-hydrogen) atoms. The molecular weight excluding hydrogens is 280 g/mol. The highest BCUT2D eigenvalue weighted by Crippen LogP contribution is 2.31. The average Bonchev–Trinajstić information content (AvgIpc) is 2.51. The van der Waals surface area contributed by atoms with Crippen LogP contribution < -0.4 is 4.74 Å². The van der Waals surface area contributed by atoms with Gasteiger partial charge in [-0.3, -0.25) is 4.79 Å². The zero-order chi connectivity index (χ0) is 15.9. The van der Waals surface area contributed by atoms with E-state index in [1.807, 2.05) is 24.3 Å². The number of benzene rings is 1. The Kier molecular flexibility index (Phi) is 5.75. The molecule has 0 N–H and O–H groups in total. The second kappa shape index (κ2) is 7.78. The van der Waals surface area contributed by atoms with Crippen LogP contribution >= 0.6 is 0 Å². The van der Waals surface area contributed by atoms with Crippen LogP contribution in [0.15, 0.2) is 29.8 Å². The predicted octanol–water partition coefficient (Wildman–Crippen LogP) is 3.55. The molecule has 1 aromatic rings. The Hall–Kier alpha value is -2.10. The van der Waals surface area contributed by atoms with Crippen LogP contribution in [0.25, 0.3) is 5.57 Å². The van der Waals surface area contributed by atoms with E-state index in [1.54, 1.807) is 14.0 Å². The molecule has 0 aliphatic heterocycles. The molecule has 0 aromatic heterocycles. The second-order valence-corrected chi connectivity index (χ2v) is 5.33. The molecular formula is C18H22O4. The van der Waals surface area contributed by atoms with E-state index in [2.05, 4.69) is 0 Å². The highest BCUT2D eigenvalue weighted by atomic mass is 16.5. The Balaban J connectivity index is 2.44. The summed E-state index contributed by atoms with van der Waals surface area (Å²) >= 11 is 0. The summed E-state index contributed by atoms with van der Waals surface area (Å²) < 4.78 is 10.3. The van der Waals surface area contributed by atoms with Gasteiger partial charge in [-0.1, -0.05) is 12.1 Å². The molecule has 4 heteroatoms. The van der Waals surface area contributed by atoms with Gasteiger partial charge in [0.25, 0.3) is 0 Å². The van der Waals surface area contributed by atoms with Crippen molar-refractivity contribution in [1.82, 2.24) is 0 Å². The van der Waals surface area contributed by atoms with Crippen LogP contribution in [0.3, 0.4) is 0 Å². The zero-order valence-electron chi connectivity index (χ0n) is 13.2. The molecule has 0 spiro atoms. The number of ketones is 1. The summed E-state index contributed by atoms with van der Waals surface area (Å²) in [7, 11) is 1.61. The molecule has 0 atom stereocenters. The van der Waals surface area contributed by atoms with Gasteiger partial charge in [0.1, 0.15) is 11.5 Å². The highest BCUT2D eigenvalue weighted by Gasteiger charge is 2.22. The van der Waals surface area contributed by atoms with Crippen LogP contribution in [0.4, 0.5) is 0 Å². The van der Waals surface area contributed by atoms with Gasteiger partial charge in [0, 0.05) is 18.4 Å². The number of hydrogen-bond acceptors (Lipinski definition) is 4. The van der Waals surface area contributed by atoms with E-state index in [-0.39, 0.29) is 11.8 Å². The Morgan fingerprint density at radius 1 is 1.14 bits per heavy atom. The Bertz CT molecular complexity index is 569. The molecule has 118 valence electrons. The predicted molar refractivity (Wildman–Crippen MR) is 84.6 cm³/mol. The third-order valence-electron chi connectivity index (χ3n) is 3.83. The van der Waals surface area contributed by atoms with Crippen LogP contribution in [-0.4, -0.2) is 25.5 Å². The largest absolute Gasteiger partial charge is 0.497 e. The van der Waals surface area contributed by atoms with Gasteiger partial charge in [-0.2, -0.15) is 0 Å². The molecule has 2 rings (SSSR count). The minimum absolute atomic E-state index is 0.173. The topological polar surface area (TPSA) is 52.6 Å². The molecule has 0 saturated carbocycles. The van der Waals surface area contributed by atoms with Gasteiger partial charge in [0.15, 0.2) is 0 Å².